The minimum absolute atomic E-state index is 0.0812. The number of thiophene rings is 1. The van der Waals surface area contributed by atoms with E-state index in [0.29, 0.717) is 21.6 Å². The first-order chi connectivity index (χ1) is 9.74. The maximum atomic E-state index is 11.7. The molecule has 0 saturated heterocycles. The van der Waals surface area contributed by atoms with Crippen LogP contribution >= 0.6 is 11.3 Å². The Hall–Kier alpha value is -2.54. The molecular formula is C13H9N3O3S. The number of H-pyrrole nitrogens is 1. The molecular weight excluding hydrogens is 278 g/mol. The first-order valence-electron chi connectivity index (χ1n) is 5.77. The second-order valence-corrected chi connectivity index (χ2v) is 4.88. The Balaban J connectivity index is 1.77. The van der Waals surface area contributed by atoms with E-state index in [1.807, 2.05) is 0 Å². The van der Waals surface area contributed by atoms with Gasteiger partial charge in [-0.05, 0) is 23.6 Å². The van der Waals surface area contributed by atoms with Crippen molar-refractivity contribution in [3.8, 4) is 0 Å². The number of esters is 1. The van der Waals surface area contributed by atoms with Crippen LogP contribution in [0.2, 0.25) is 0 Å². The van der Waals surface area contributed by atoms with E-state index < -0.39 is 5.97 Å². The highest BCUT2D eigenvalue weighted by molar-refractivity contribution is 7.17. The van der Waals surface area contributed by atoms with Crippen molar-refractivity contribution in [2.75, 3.05) is 0 Å². The lowest BCUT2D eigenvalue weighted by molar-refractivity contribution is 0.0462. The van der Waals surface area contributed by atoms with Crippen molar-refractivity contribution < 1.29 is 9.53 Å². The van der Waals surface area contributed by atoms with E-state index in [9.17, 15) is 9.59 Å². The monoisotopic (exact) mass is 287 g/mol. The maximum absolute atomic E-state index is 11.7. The average molecular weight is 287 g/mol. The number of fused-ring (bicyclic) bond motifs is 1. The number of aromatic amines is 1. The number of rotatable bonds is 3. The van der Waals surface area contributed by atoms with Gasteiger partial charge in [0, 0.05) is 12.4 Å². The van der Waals surface area contributed by atoms with E-state index in [-0.39, 0.29) is 12.2 Å². The van der Waals surface area contributed by atoms with Crippen molar-refractivity contribution in [3.63, 3.8) is 0 Å². The molecule has 6 nitrogen and oxygen atoms in total. The highest BCUT2D eigenvalue weighted by Gasteiger charge is 2.09. The second-order valence-electron chi connectivity index (χ2n) is 3.96. The SMILES string of the molecule is O=C(OCc1nc2ccsc2c(=O)[nH]1)c1ccncc1. The lowest BCUT2D eigenvalue weighted by Gasteiger charge is -2.04. The van der Waals surface area contributed by atoms with Crippen LogP contribution in [0.25, 0.3) is 10.2 Å². The summed E-state index contributed by atoms with van der Waals surface area (Å²) in [5.41, 5.74) is 0.785. The van der Waals surface area contributed by atoms with Crippen molar-refractivity contribution in [1.82, 2.24) is 15.0 Å². The Bertz CT molecular complexity index is 810. The van der Waals surface area contributed by atoms with Crippen LogP contribution < -0.4 is 5.56 Å². The molecule has 3 heterocycles. The summed E-state index contributed by atoms with van der Waals surface area (Å²) in [6.07, 6.45) is 3.02. The summed E-state index contributed by atoms with van der Waals surface area (Å²) >= 11 is 1.32. The van der Waals surface area contributed by atoms with Gasteiger partial charge >= 0.3 is 5.97 Å². The molecule has 0 spiro atoms. The third-order valence-corrected chi connectivity index (χ3v) is 3.52. The van der Waals surface area contributed by atoms with Gasteiger partial charge in [-0.15, -0.1) is 11.3 Å². The summed E-state index contributed by atoms with van der Waals surface area (Å²) in [6.45, 7) is -0.0812. The maximum Gasteiger partial charge on any atom is 0.338 e. The Morgan fingerprint density at radius 1 is 1.30 bits per heavy atom. The standard InChI is InChI=1S/C13H9N3O3S/c17-12-11-9(3-6-20-11)15-10(16-12)7-19-13(18)8-1-4-14-5-2-8/h1-6H,7H2,(H,15,16,17). The fourth-order valence-corrected chi connectivity index (χ4v) is 2.42. The summed E-state index contributed by atoms with van der Waals surface area (Å²) in [5, 5.41) is 1.79. The number of hydrogen-bond donors (Lipinski definition) is 1. The van der Waals surface area contributed by atoms with Crippen LogP contribution in [0, 0.1) is 0 Å². The minimum Gasteiger partial charge on any atom is -0.454 e. The number of pyridine rings is 1. The van der Waals surface area contributed by atoms with Gasteiger partial charge in [0.15, 0.2) is 0 Å². The van der Waals surface area contributed by atoms with Gasteiger partial charge in [0.2, 0.25) is 0 Å². The average Bonchev–Trinajstić information content (AvgIpc) is 2.94. The molecule has 0 aliphatic carbocycles. The van der Waals surface area contributed by atoms with E-state index in [1.165, 1.54) is 23.7 Å². The summed E-state index contributed by atoms with van der Waals surface area (Å²) in [6, 6.07) is 4.87. The van der Waals surface area contributed by atoms with Crippen molar-refractivity contribution in [2.24, 2.45) is 0 Å². The topological polar surface area (TPSA) is 84.9 Å². The number of hydrogen-bond acceptors (Lipinski definition) is 6. The zero-order valence-electron chi connectivity index (χ0n) is 10.2. The molecule has 3 aromatic heterocycles. The van der Waals surface area contributed by atoms with Crippen LogP contribution in [-0.4, -0.2) is 20.9 Å². The summed E-state index contributed by atoms with van der Waals surface area (Å²) in [7, 11) is 0. The van der Waals surface area contributed by atoms with E-state index in [0.717, 1.165) is 0 Å². The number of nitrogens with zero attached hydrogens (tertiary/aromatic N) is 2. The Kier molecular flexibility index (Phi) is 3.26. The van der Waals surface area contributed by atoms with Crippen molar-refractivity contribution in [2.45, 2.75) is 6.61 Å². The van der Waals surface area contributed by atoms with Gasteiger partial charge in [-0.2, -0.15) is 0 Å². The van der Waals surface area contributed by atoms with Gasteiger partial charge in [-0.1, -0.05) is 0 Å². The molecule has 0 aromatic carbocycles. The third kappa shape index (κ3) is 2.43. The van der Waals surface area contributed by atoms with Crippen LogP contribution in [-0.2, 0) is 11.3 Å². The Morgan fingerprint density at radius 2 is 2.10 bits per heavy atom. The molecule has 1 N–H and O–H groups in total. The van der Waals surface area contributed by atoms with Crippen molar-refractivity contribution in [3.05, 3.63) is 57.7 Å². The molecule has 3 rings (SSSR count). The fraction of sp³-hybridized carbons (Fsp3) is 0.0769. The molecule has 0 saturated carbocycles. The zero-order valence-corrected chi connectivity index (χ0v) is 11.0. The molecule has 0 aliphatic heterocycles. The predicted molar refractivity (Wildman–Crippen MR) is 73.6 cm³/mol. The highest BCUT2D eigenvalue weighted by Crippen LogP contribution is 2.14. The summed E-state index contributed by atoms with van der Waals surface area (Å²) in [5.74, 6) is -0.163. The van der Waals surface area contributed by atoms with Gasteiger partial charge < -0.3 is 9.72 Å². The largest absolute Gasteiger partial charge is 0.454 e. The molecule has 0 aliphatic rings. The zero-order chi connectivity index (χ0) is 13.9. The quantitative estimate of drug-likeness (QED) is 0.742. The molecule has 20 heavy (non-hydrogen) atoms. The van der Waals surface area contributed by atoms with Crippen LogP contribution in [0.5, 0.6) is 0 Å². The van der Waals surface area contributed by atoms with Gasteiger partial charge in [0.05, 0.1) is 11.1 Å². The third-order valence-electron chi connectivity index (χ3n) is 2.62. The molecule has 0 amide bonds. The minimum atomic E-state index is -0.486. The molecule has 0 bridgehead atoms. The number of aromatic nitrogens is 3. The van der Waals surface area contributed by atoms with E-state index in [1.54, 1.807) is 23.6 Å². The van der Waals surface area contributed by atoms with E-state index >= 15 is 0 Å². The van der Waals surface area contributed by atoms with Gasteiger partial charge in [0.25, 0.3) is 5.56 Å². The first kappa shape index (κ1) is 12.5. The smallest absolute Gasteiger partial charge is 0.338 e. The van der Waals surface area contributed by atoms with Crippen LogP contribution in [0.3, 0.4) is 0 Å². The molecule has 7 heteroatoms. The van der Waals surface area contributed by atoms with E-state index in [4.69, 9.17) is 4.74 Å². The number of carbonyl (C=O) groups is 1. The molecule has 100 valence electrons. The first-order valence-corrected chi connectivity index (χ1v) is 6.65. The molecule has 3 aromatic rings. The lowest BCUT2D eigenvalue weighted by Crippen LogP contribution is -2.13. The van der Waals surface area contributed by atoms with Gasteiger partial charge in [-0.25, -0.2) is 9.78 Å². The number of nitrogens with one attached hydrogen (secondary N) is 1. The number of carbonyl (C=O) groups excluding carboxylic acids is 1. The summed E-state index contributed by atoms with van der Waals surface area (Å²) in [4.78, 5) is 34.1. The normalized spacial score (nSPS) is 10.6. The Labute approximate surface area is 117 Å². The fourth-order valence-electron chi connectivity index (χ4n) is 1.70. The van der Waals surface area contributed by atoms with Crippen LogP contribution in [0.15, 0.2) is 40.8 Å². The molecule has 0 radical (unpaired) electrons. The predicted octanol–water partition coefficient (Wildman–Crippen LogP) is 1.74. The van der Waals surface area contributed by atoms with E-state index in [2.05, 4.69) is 15.0 Å². The second kappa shape index (κ2) is 5.22. The number of ether oxygens (including phenoxy) is 1. The molecule has 0 atom stereocenters. The van der Waals surface area contributed by atoms with Crippen molar-refractivity contribution >= 4 is 27.5 Å². The van der Waals surface area contributed by atoms with Crippen LogP contribution in [0.4, 0.5) is 0 Å². The lowest BCUT2D eigenvalue weighted by atomic mass is 10.3. The van der Waals surface area contributed by atoms with Crippen molar-refractivity contribution in [1.29, 1.82) is 0 Å². The molecule has 0 fully saturated rings. The van der Waals surface area contributed by atoms with Gasteiger partial charge in [0.1, 0.15) is 17.1 Å². The van der Waals surface area contributed by atoms with Gasteiger partial charge in [-0.3, -0.25) is 9.78 Å². The Morgan fingerprint density at radius 3 is 2.90 bits per heavy atom. The molecule has 0 unspecified atom stereocenters. The highest BCUT2D eigenvalue weighted by atomic mass is 32.1. The summed E-state index contributed by atoms with van der Waals surface area (Å²) < 4.78 is 5.66. The van der Waals surface area contributed by atoms with Crippen LogP contribution in [0.1, 0.15) is 16.2 Å².